The molecule has 0 spiro atoms. The van der Waals surface area contributed by atoms with Crippen LogP contribution in [-0.2, 0) is 24.2 Å². The van der Waals surface area contributed by atoms with Gasteiger partial charge in [0, 0.05) is 32.0 Å². The molecule has 0 aromatic carbocycles. The molecule has 1 aliphatic rings. The summed E-state index contributed by atoms with van der Waals surface area (Å²) in [6.45, 7) is 3.49. The minimum absolute atomic E-state index is 0.00852. The van der Waals surface area contributed by atoms with Gasteiger partial charge in [-0.3, -0.25) is 14.2 Å². The van der Waals surface area contributed by atoms with Crippen LogP contribution in [0.25, 0.3) is 0 Å². The molecule has 0 fully saturated rings. The highest BCUT2D eigenvalue weighted by Gasteiger charge is 2.27. The number of fused-ring (bicyclic) bond motifs is 1. The largest absolute Gasteiger partial charge is 0.395 e. The van der Waals surface area contributed by atoms with E-state index in [1.54, 1.807) is 18.9 Å². The molecule has 0 radical (unpaired) electrons. The summed E-state index contributed by atoms with van der Waals surface area (Å²) >= 11 is 0. The Bertz CT molecular complexity index is 580. The standard InChI is InChI=1S/C14H21N3O3/c1-9-15-13-5-4-11(16(3)10(2)19)8-12(13)14(20)17(9)6-7-18/h11,18H,4-8H2,1-3H3. The molecule has 0 saturated heterocycles. The molecule has 1 atom stereocenters. The first-order valence-corrected chi connectivity index (χ1v) is 6.89. The van der Waals surface area contributed by atoms with E-state index in [1.165, 1.54) is 11.5 Å². The van der Waals surface area contributed by atoms with E-state index in [4.69, 9.17) is 5.11 Å². The highest BCUT2D eigenvalue weighted by atomic mass is 16.3. The lowest BCUT2D eigenvalue weighted by Gasteiger charge is -2.31. The number of hydrogen-bond donors (Lipinski definition) is 1. The van der Waals surface area contributed by atoms with Crippen molar-refractivity contribution in [1.82, 2.24) is 14.5 Å². The lowest BCUT2D eigenvalue weighted by Crippen LogP contribution is -2.43. The summed E-state index contributed by atoms with van der Waals surface area (Å²) in [5.74, 6) is 0.648. The number of nitrogens with zero attached hydrogens (tertiary/aromatic N) is 3. The number of aryl methyl sites for hydroxylation is 2. The van der Waals surface area contributed by atoms with Crippen molar-refractivity contribution in [2.75, 3.05) is 13.7 Å². The second kappa shape index (κ2) is 5.75. The Morgan fingerprint density at radius 2 is 2.25 bits per heavy atom. The van der Waals surface area contributed by atoms with Gasteiger partial charge in [-0.25, -0.2) is 4.98 Å². The van der Waals surface area contributed by atoms with Crippen molar-refractivity contribution in [3.63, 3.8) is 0 Å². The summed E-state index contributed by atoms with van der Waals surface area (Å²) < 4.78 is 1.51. The molecule has 0 bridgehead atoms. The molecule has 1 amide bonds. The number of carbonyl (C=O) groups is 1. The fourth-order valence-electron chi connectivity index (χ4n) is 2.76. The molecule has 6 nitrogen and oxygen atoms in total. The number of aromatic nitrogens is 2. The molecule has 1 aromatic heterocycles. The van der Waals surface area contributed by atoms with Crippen molar-refractivity contribution in [3.8, 4) is 0 Å². The molecule has 1 aliphatic carbocycles. The Labute approximate surface area is 118 Å². The van der Waals surface area contributed by atoms with Gasteiger partial charge in [-0.05, 0) is 19.8 Å². The minimum atomic E-state index is -0.0853. The maximum absolute atomic E-state index is 12.5. The molecule has 6 heteroatoms. The Kier molecular flexibility index (Phi) is 4.23. The average Bonchev–Trinajstić information content (AvgIpc) is 2.42. The van der Waals surface area contributed by atoms with Crippen LogP contribution >= 0.6 is 0 Å². The molecule has 2 rings (SSSR count). The second-order valence-corrected chi connectivity index (χ2v) is 5.29. The van der Waals surface area contributed by atoms with Crippen molar-refractivity contribution >= 4 is 5.91 Å². The summed E-state index contributed by atoms with van der Waals surface area (Å²) in [5, 5.41) is 9.05. The van der Waals surface area contributed by atoms with Crippen LogP contribution in [0.15, 0.2) is 4.79 Å². The molecule has 1 unspecified atom stereocenters. The first-order valence-electron chi connectivity index (χ1n) is 6.89. The minimum Gasteiger partial charge on any atom is -0.395 e. The molecule has 20 heavy (non-hydrogen) atoms. The van der Waals surface area contributed by atoms with Gasteiger partial charge in [0.2, 0.25) is 5.91 Å². The van der Waals surface area contributed by atoms with Gasteiger partial charge >= 0.3 is 0 Å². The zero-order valence-electron chi connectivity index (χ0n) is 12.2. The van der Waals surface area contributed by atoms with E-state index in [1.807, 2.05) is 0 Å². The van der Waals surface area contributed by atoms with Crippen molar-refractivity contribution in [1.29, 1.82) is 0 Å². The number of hydrogen-bond acceptors (Lipinski definition) is 4. The Morgan fingerprint density at radius 1 is 1.55 bits per heavy atom. The molecular weight excluding hydrogens is 258 g/mol. The summed E-state index contributed by atoms with van der Waals surface area (Å²) in [5.41, 5.74) is 1.45. The van der Waals surface area contributed by atoms with Gasteiger partial charge in [-0.2, -0.15) is 0 Å². The lowest BCUT2D eigenvalue weighted by atomic mass is 9.91. The van der Waals surface area contributed by atoms with E-state index in [0.717, 1.165) is 12.1 Å². The predicted octanol–water partition coefficient (Wildman–Crippen LogP) is -0.120. The number of amides is 1. The van der Waals surface area contributed by atoms with E-state index in [0.29, 0.717) is 24.2 Å². The van der Waals surface area contributed by atoms with E-state index in [9.17, 15) is 9.59 Å². The van der Waals surface area contributed by atoms with Crippen molar-refractivity contribution < 1.29 is 9.90 Å². The molecule has 1 N–H and O–H groups in total. The molecule has 1 heterocycles. The topological polar surface area (TPSA) is 75.4 Å². The zero-order chi connectivity index (χ0) is 14.9. The van der Waals surface area contributed by atoms with Crippen LogP contribution in [0, 0.1) is 6.92 Å². The summed E-state index contributed by atoms with van der Waals surface area (Å²) in [4.78, 5) is 30.1. The van der Waals surface area contributed by atoms with Crippen LogP contribution < -0.4 is 5.56 Å². The Morgan fingerprint density at radius 3 is 2.85 bits per heavy atom. The van der Waals surface area contributed by atoms with Crippen LogP contribution in [0.1, 0.15) is 30.4 Å². The van der Waals surface area contributed by atoms with E-state index in [2.05, 4.69) is 4.98 Å². The van der Waals surface area contributed by atoms with Crippen LogP contribution in [0.5, 0.6) is 0 Å². The molecule has 0 saturated carbocycles. The van der Waals surface area contributed by atoms with Crippen molar-refractivity contribution in [3.05, 3.63) is 27.4 Å². The van der Waals surface area contributed by atoms with Gasteiger partial charge in [-0.15, -0.1) is 0 Å². The number of aliphatic hydroxyl groups is 1. The number of likely N-dealkylation sites (N-methyl/N-ethyl adjacent to an activating group) is 1. The molecule has 1 aromatic rings. The van der Waals surface area contributed by atoms with Gasteiger partial charge < -0.3 is 10.0 Å². The molecular formula is C14H21N3O3. The first-order chi connectivity index (χ1) is 9.45. The maximum Gasteiger partial charge on any atom is 0.257 e. The van der Waals surface area contributed by atoms with Crippen LogP contribution in [0.3, 0.4) is 0 Å². The fraction of sp³-hybridized carbons (Fsp3) is 0.643. The van der Waals surface area contributed by atoms with Gasteiger partial charge in [0.25, 0.3) is 5.56 Å². The van der Waals surface area contributed by atoms with Gasteiger partial charge in [0.15, 0.2) is 0 Å². The van der Waals surface area contributed by atoms with Gasteiger partial charge in [0.05, 0.1) is 18.8 Å². The number of carbonyl (C=O) groups excluding carboxylic acids is 1. The Balaban J connectivity index is 2.38. The summed E-state index contributed by atoms with van der Waals surface area (Å²) in [6.07, 6.45) is 2.09. The lowest BCUT2D eigenvalue weighted by molar-refractivity contribution is -0.129. The van der Waals surface area contributed by atoms with Crippen LogP contribution in [0.4, 0.5) is 0 Å². The highest BCUT2D eigenvalue weighted by molar-refractivity contribution is 5.73. The number of aliphatic hydroxyl groups excluding tert-OH is 1. The molecule has 0 aliphatic heterocycles. The summed E-state index contributed by atoms with van der Waals surface area (Å²) in [7, 11) is 1.77. The third-order valence-electron chi connectivity index (χ3n) is 4.06. The van der Waals surface area contributed by atoms with Crippen LogP contribution in [-0.4, -0.2) is 45.2 Å². The first kappa shape index (κ1) is 14.7. The van der Waals surface area contributed by atoms with Gasteiger partial charge in [0.1, 0.15) is 5.82 Å². The SMILES string of the molecule is CC(=O)N(C)C1CCc2nc(C)n(CCO)c(=O)c2C1. The predicted molar refractivity (Wildman–Crippen MR) is 74.6 cm³/mol. The molecule has 110 valence electrons. The number of rotatable bonds is 3. The van der Waals surface area contributed by atoms with Crippen molar-refractivity contribution in [2.24, 2.45) is 0 Å². The van der Waals surface area contributed by atoms with Crippen LogP contribution in [0.2, 0.25) is 0 Å². The third-order valence-corrected chi connectivity index (χ3v) is 4.06. The fourth-order valence-corrected chi connectivity index (χ4v) is 2.76. The Hall–Kier alpha value is -1.69. The normalized spacial score (nSPS) is 17.7. The smallest absolute Gasteiger partial charge is 0.257 e. The average molecular weight is 279 g/mol. The van der Waals surface area contributed by atoms with E-state index in [-0.39, 0.29) is 30.7 Å². The second-order valence-electron chi connectivity index (χ2n) is 5.29. The van der Waals surface area contributed by atoms with Crippen molar-refractivity contribution in [2.45, 2.75) is 45.7 Å². The van der Waals surface area contributed by atoms with Gasteiger partial charge in [-0.1, -0.05) is 0 Å². The highest BCUT2D eigenvalue weighted by Crippen LogP contribution is 2.20. The monoisotopic (exact) mass is 279 g/mol. The quantitative estimate of drug-likeness (QED) is 0.837. The van der Waals surface area contributed by atoms with E-state index >= 15 is 0 Å². The maximum atomic E-state index is 12.5. The van der Waals surface area contributed by atoms with E-state index < -0.39 is 0 Å². The third kappa shape index (κ3) is 2.60. The zero-order valence-corrected chi connectivity index (χ0v) is 12.2. The summed E-state index contributed by atoms with van der Waals surface area (Å²) in [6, 6.07) is 0.0554.